The van der Waals surface area contributed by atoms with Gasteiger partial charge in [0.1, 0.15) is 5.75 Å². The number of phenolic OH excluding ortho intramolecular Hbond substituents is 1. The molecule has 0 aliphatic heterocycles. The highest BCUT2D eigenvalue weighted by Crippen LogP contribution is 2.22. The first-order valence-electron chi connectivity index (χ1n) is 6.48. The molecular weight excluding hydrogens is 306 g/mol. The second-order valence-corrected chi connectivity index (χ2v) is 4.99. The van der Waals surface area contributed by atoms with E-state index in [1.54, 1.807) is 25.1 Å². The lowest BCUT2D eigenvalue weighted by Gasteiger charge is -2.10. The molecular formula is C16H14ClNO4. The number of phenols is 1. The standard InChI is InChI=1S/C16H14ClNO4/c1-10-13(17)6-3-7-14(10)18-15(20)9-22-16(21)11-4-2-5-12(19)8-11/h2-8,19H,9H2,1H3,(H,18,20). The summed E-state index contributed by atoms with van der Waals surface area (Å²) in [6.45, 7) is 1.34. The van der Waals surface area contributed by atoms with E-state index in [4.69, 9.17) is 16.3 Å². The highest BCUT2D eigenvalue weighted by Gasteiger charge is 2.12. The van der Waals surface area contributed by atoms with Gasteiger partial charge in [0.25, 0.3) is 5.91 Å². The molecule has 2 rings (SSSR count). The summed E-state index contributed by atoms with van der Waals surface area (Å²) in [6.07, 6.45) is 0. The van der Waals surface area contributed by atoms with Crippen molar-refractivity contribution in [3.63, 3.8) is 0 Å². The Morgan fingerprint density at radius 2 is 1.95 bits per heavy atom. The van der Waals surface area contributed by atoms with E-state index in [1.807, 2.05) is 0 Å². The van der Waals surface area contributed by atoms with Gasteiger partial charge in [-0.25, -0.2) is 4.79 Å². The second-order valence-electron chi connectivity index (χ2n) is 4.59. The van der Waals surface area contributed by atoms with Crippen LogP contribution in [0.1, 0.15) is 15.9 Å². The number of esters is 1. The number of hydrogen-bond donors (Lipinski definition) is 2. The Balaban J connectivity index is 1.93. The third-order valence-electron chi connectivity index (χ3n) is 2.96. The van der Waals surface area contributed by atoms with Crippen molar-refractivity contribution in [1.29, 1.82) is 0 Å². The number of ether oxygens (including phenoxy) is 1. The molecule has 2 aromatic rings. The van der Waals surface area contributed by atoms with E-state index < -0.39 is 18.5 Å². The maximum atomic E-state index is 11.8. The van der Waals surface area contributed by atoms with E-state index in [-0.39, 0.29) is 11.3 Å². The minimum absolute atomic E-state index is 0.0477. The van der Waals surface area contributed by atoms with Gasteiger partial charge < -0.3 is 15.2 Å². The van der Waals surface area contributed by atoms with Crippen LogP contribution >= 0.6 is 11.6 Å². The molecule has 114 valence electrons. The monoisotopic (exact) mass is 319 g/mol. The molecule has 0 heterocycles. The van der Waals surface area contributed by atoms with Crippen molar-refractivity contribution < 1.29 is 19.4 Å². The van der Waals surface area contributed by atoms with Gasteiger partial charge >= 0.3 is 5.97 Å². The van der Waals surface area contributed by atoms with Gasteiger partial charge in [-0.2, -0.15) is 0 Å². The van der Waals surface area contributed by atoms with E-state index in [9.17, 15) is 14.7 Å². The lowest BCUT2D eigenvalue weighted by Crippen LogP contribution is -2.21. The van der Waals surface area contributed by atoms with Crippen LogP contribution < -0.4 is 5.32 Å². The molecule has 0 atom stereocenters. The van der Waals surface area contributed by atoms with Crippen LogP contribution in [-0.2, 0) is 9.53 Å². The number of rotatable bonds is 4. The molecule has 0 saturated heterocycles. The van der Waals surface area contributed by atoms with E-state index in [2.05, 4.69) is 5.32 Å². The average molecular weight is 320 g/mol. The average Bonchev–Trinajstić information content (AvgIpc) is 2.49. The molecule has 0 aliphatic carbocycles. The molecule has 0 aromatic heterocycles. The smallest absolute Gasteiger partial charge is 0.338 e. The van der Waals surface area contributed by atoms with Crippen molar-refractivity contribution in [2.45, 2.75) is 6.92 Å². The molecule has 22 heavy (non-hydrogen) atoms. The number of carbonyl (C=O) groups excluding carboxylic acids is 2. The van der Waals surface area contributed by atoms with Crippen LogP contribution in [0.2, 0.25) is 5.02 Å². The molecule has 0 spiro atoms. The topological polar surface area (TPSA) is 75.6 Å². The number of benzene rings is 2. The van der Waals surface area contributed by atoms with Crippen LogP contribution in [0.5, 0.6) is 5.75 Å². The zero-order valence-corrected chi connectivity index (χ0v) is 12.6. The predicted octanol–water partition coefficient (Wildman–Crippen LogP) is 3.15. The van der Waals surface area contributed by atoms with Gasteiger partial charge in [-0.15, -0.1) is 0 Å². The molecule has 2 N–H and O–H groups in total. The Labute approximate surface area is 132 Å². The first-order chi connectivity index (χ1) is 10.5. The molecule has 1 amide bonds. The van der Waals surface area contributed by atoms with Gasteiger partial charge in [-0.05, 0) is 42.8 Å². The zero-order valence-electron chi connectivity index (χ0n) is 11.8. The molecule has 0 bridgehead atoms. The van der Waals surface area contributed by atoms with Crippen LogP contribution in [0.4, 0.5) is 5.69 Å². The molecule has 0 aliphatic rings. The van der Waals surface area contributed by atoms with Gasteiger partial charge in [-0.3, -0.25) is 4.79 Å². The summed E-state index contributed by atoms with van der Waals surface area (Å²) in [5.74, 6) is -1.21. The van der Waals surface area contributed by atoms with Crippen molar-refractivity contribution >= 4 is 29.2 Å². The van der Waals surface area contributed by atoms with E-state index >= 15 is 0 Å². The number of halogens is 1. The van der Waals surface area contributed by atoms with E-state index in [0.29, 0.717) is 10.7 Å². The highest BCUT2D eigenvalue weighted by molar-refractivity contribution is 6.31. The van der Waals surface area contributed by atoms with Crippen LogP contribution in [0, 0.1) is 6.92 Å². The summed E-state index contributed by atoms with van der Waals surface area (Å²) in [6, 6.07) is 10.8. The minimum atomic E-state index is -0.686. The Morgan fingerprint density at radius 3 is 2.68 bits per heavy atom. The van der Waals surface area contributed by atoms with E-state index in [0.717, 1.165) is 5.56 Å². The summed E-state index contributed by atoms with van der Waals surface area (Å²) < 4.78 is 4.89. The third kappa shape index (κ3) is 3.99. The van der Waals surface area contributed by atoms with Gasteiger partial charge in [-0.1, -0.05) is 23.7 Å². The zero-order chi connectivity index (χ0) is 16.1. The van der Waals surface area contributed by atoms with Crippen LogP contribution in [-0.4, -0.2) is 23.6 Å². The predicted molar refractivity (Wildman–Crippen MR) is 83.2 cm³/mol. The van der Waals surface area contributed by atoms with Crippen LogP contribution in [0.15, 0.2) is 42.5 Å². The Hall–Kier alpha value is -2.53. The number of anilines is 1. The first-order valence-corrected chi connectivity index (χ1v) is 6.86. The number of aromatic hydroxyl groups is 1. The number of nitrogens with one attached hydrogen (secondary N) is 1. The van der Waals surface area contributed by atoms with Gasteiger partial charge in [0.15, 0.2) is 6.61 Å². The fourth-order valence-corrected chi connectivity index (χ4v) is 1.95. The highest BCUT2D eigenvalue weighted by atomic mass is 35.5. The Kier molecular flexibility index (Phi) is 5.01. The normalized spacial score (nSPS) is 10.1. The van der Waals surface area contributed by atoms with Crippen LogP contribution in [0.3, 0.4) is 0 Å². The molecule has 0 fully saturated rings. The Bertz CT molecular complexity index is 715. The van der Waals surface area contributed by atoms with Gasteiger partial charge in [0.05, 0.1) is 5.56 Å². The molecule has 0 unspecified atom stereocenters. The maximum Gasteiger partial charge on any atom is 0.338 e. The van der Waals surface area contributed by atoms with Crippen LogP contribution in [0.25, 0.3) is 0 Å². The quantitative estimate of drug-likeness (QED) is 0.849. The molecule has 5 nitrogen and oxygen atoms in total. The van der Waals surface area contributed by atoms with Crippen molar-refractivity contribution in [2.75, 3.05) is 11.9 Å². The van der Waals surface area contributed by atoms with Crippen molar-refractivity contribution in [1.82, 2.24) is 0 Å². The lowest BCUT2D eigenvalue weighted by atomic mass is 10.2. The van der Waals surface area contributed by atoms with Crippen molar-refractivity contribution in [3.05, 3.63) is 58.6 Å². The van der Waals surface area contributed by atoms with Crippen molar-refractivity contribution in [2.24, 2.45) is 0 Å². The summed E-state index contributed by atoms with van der Waals surface area (Å²) in [4.78, 5) is 23.5. The van der Waals surface area contributed by atoms with Gasteiger partial charge in [0.2, 0.25) is 0 Å². The number of hydrogen-bond acceptors (Lipinski definition) is 4. The minimum Gasteiger partial charge on any atom is -0.508 e. The fourth-order valence-electron chi connectivity index (χ4n) is 1.78. The van der Waals surface area contributed by atoms with E-state index in [1.165, 1.54) is 24.3 Å². The Morgan fingerprint density at radius 1 is 1.23 bits per heavy atom. The SMILES string of the molecule is Cc1c(Cl)cccc1NC(=O)COC(=O)c1cccc(O)c1. The maximum absolute atomic E-state index is 11.8. The lowest BCUT2D eigenvalue weighted by molar-refractivity contribution is -0.119. The summed E-state index contributed by atoms with van der Waals surface area (Å²) in [5.41, 5.74) is 1.47. The molecule has 0 radical (unpaired) electrons. The summed E-state index contributed by atoms with van der Waals surface area (Å²) in [7, 11) is 0. The molecule has 2 aromatic carbocycles. The largest absolute Gasteiger partial charge is 0.508 e. The number of carbonyl (C=O) groups is 2. The summed E-state index contributed by atoms with van der Waals surface area (Å²) >= 11 is 5.96. The first kappa shape index (κ1) is 15.9. The summed E-state index contributed by atoms with van der Waals surface area (Å²) in [5, 5.41) is 12.4. The fraction of sp³-hybridized carbons (Fsp3) is 0.125. The molecule has 0 saturated carbocycles. The number of amides is 1. The van der Waals surface area contributed by atoms with Gasteiger partial charge in [0, 0.05) is 10.7 Å². The third-order valence-corrected chi connectivity index (χ3v) is 3.37. The van der Waals surface area contributed by atoms with Crippen molar-refractivity contribution in [3.8, 4) is 5.75 Å². The second kappa shape index (κ2) is 6.95. The molecule has 6 heteroatoms.